The van der Waals surface area contributed by atoms with Crippen LogP contribution < -0.4 is 9.64 Å². The molecule has 0 aliphatic carbocycles. The fraction of sp³-hybridized carbons (Fsp3) is 0.588. The molecule has 0 amide bonds. The maximum atomic E-state index is 5.80. The number of halogens is 1. The Kier molecular flexibility index (Phi) is 5.65. The lowest BCUT2D eigenvalue weighted by atomic mass is 9.97. The molecule has 3 rings (SSSR count). The Balaban J connectivity index is 1.51. The quantitative estimate of drug-likeness (QED) is 0.775. The van der Waals surface area contributed by atoms with Crippen LogP contribution in [0.5, 0.6) is 5.88 Å². The van der Waals surface area contributed by atoms with Crippen LogP contribution >= 0.6 is 15.9 Å². The third kappa shape index (κ3) is 4.31. The second-order valence-corrected chi connectivity index (χ2v) is 6.79. The number of pyridine rings is 1. The van der Waals surface area contributed by atoms with Crippen molar-refractivity contribution >= 4 is 21.6 Å². The second kappa shape index (κ2) is 7.90. The maximum absolute atomic E-state index is 5.80. The first-order chi connectivity index (χ1) is 11.3. The summed E-state index contributed by atoms with van der Waals surface area (Å²) >= 11 is 3.58. The molecule has 0 aromatic carbocycles. The van der Waals surface area contributed by atoms with Crippen molar-refractivity contribution in [3.8, 4) is 5.88 Å². The van der Waals surface area contributed by atoms with Crippen molar-refractivity contribution < 1.29 is 14.2 Å². The van der Waals surface area contributed by atoms with E-state index in [0.717, 1.165) is 68.1 Å². The topological polar surface area (TPSA) is 43.8 Å². The Morgan fingerprint density at radius 2 is 2.22 bits per heavy atom. The highest BCUT2D eigenvalue weighted by Gasteiger charge is 2.22. The van der Waals surface area contributed by atoms with Crippen LogP contribution in [0.2, 0.25) is 0 Å². The molecule has 126 valence electrons. The summed E-state index contributed by atoms with van der Waals surface area (Å²) in [6.07, 6.45) is 8.24. The standard InChI is InChI=1S/C17H23BrN2O3/c1-21-16-10-15(14(18)11-19-16)20-7-5-13(6-8-20)12-23-17-4-2-3-9-22-17/h4,10-11,13H,2-3,5-9,12H2,1H3. The molecule has 2 aliphatic rings. The molecule has 0 atom stereocenters. The highest BCUT2D eigenvalue weighted by molar-refractivity contribution is 9.10. The Labute approximate surface area is 145 Å². The van der Waals surface area contributed by atoms with Gasteiger partial charge < -0.3 is 19.1 Å². The second-order valence-electron chi connectivity index (χ2n) is 5.93. The average Bonchev–Trinajstić information content (AvgIpc) is 2.62. The molecule has 1 aromatic heterocycles. The number of piperidine rings is 1. The molecule has 0 unspecified atom stereocenters. The van der Waals surface area contributed by atoms with Crippen molar-refractivity contribution in [1.82, 2.24) is 4.98 Å². The van der Waals surface area contributed by atoms with Crippen molar-refractivity contribution in [2.75, 3.05) is 38.3 Å². The summed E-state index contributed by atoms with van der Waals surface area (Å²) in [5, 5.41) is 0. The Hall–Kier alpha value is -1.43. The van der Waals surface area contributed by atoms with Gasteiger partial charge in [-0.15, -0.1) is 0 Å². The van der Waals surface area contributed by atoms with Gasteiger partial charge in [-0.3, -0.25) is 0 Å². The zero-order chi connectivity index (χ0) is 16.1. The van der Waals surface area contributed by atoms with E-state index >= 15 is 0 Å². The summed E-state index contributed by atoms with van der Waals surface area (Å²) < 4.78 is 17.5. The van der Waals surface area contributed by atoms with E-state index in [9.17, 15) is 0 Å². The predicted octanol–water partition coefficient (Wildman–Crippen LogP) is 3.74. The van der Waals surface area contributed by atoms with Crippen LogP contribution in [0.25, 0.3) is 0 Å². The van der Waals surface area contributed by atoms with E-state index in [0.29, 0.717) is 11.8 Å². The molecular formula is C17H23BrN2O3. The number of hydrogen-bond donors (Lipinski definition) is 0. The van der Waals surface area contributed by atoms with Crippen LogP contribution in [0, 0.1) is 5.92 Å². The van der Waals surface area contributed by atoms with Crippen LogP contribution in [-0.2, 0) is 9.47 Å². The Morgan fingerprint density at radius 1 is 1.39 bits per heavy atom. The lowest BCUT2D eigenvalue weighted by molar-refractivity contribution is 0.00815. The minimum Gasteiger partial charge on any atom is -0.481 e. The fourth-order valence-corrected chi connectivity index (χ4v) is 3.41. The van der Waals surface area contributed by atoms with Gasteiger partial charge in [0.25, 0.3) is 5.95 Å². The number of aromatic nitrogens is 1. The zero-order valence-electron chi connectivity index (χ0n) is 13.5. The molecule has 6 heteroatoms. The molecule has 0 bridgehead atoms. The van der Waals surface area contributed by atoms with E-state index in [1.54, 1.807) is 13.3 Å². The van der Waals surface area contributed by atoms with E-state index in [2.05, 4.69) is 31.9 Å². The van der Waals surface area contributed by atoms with Crippen LogP contribution in [0.1, 0.15) is 25.7 Å². The number of ether oxygens (including phenoxy) is 3. The van der Waals surface area contributed by atoms with Gasteiger partial charge in [0.05, 0.1) is 30.5 Å². The van der Waals surface area contributed by atoms with E-state index in [4.69, 9.17) is 14.2 Å². The molecule has 1 aromatic rings. The van der Waals surface area contributed by atoms with E-state index < -0.39 is 0 Å². The summed E-state index contributed by atoms with van der Waals surface area (Å²) in [6.45, 7) is 3.56. The van der Waals surface area contributed by atoms with Gasteiger partial charge in [-0.25, -0.2) is 4.98 Å². The van der Waals surface area contributed by atoms with Gasteiger partial charge in [0.2, 0.25) is 5.88 Å². The van der Waals surface area contributed by atoms with Crippen LogP contribution in [0.15, 0.2) is 28.8 Å². The first-order valence-electron chi connectivity index (χ1n) is 8.16. The number of rotatable bonds is 5. The van der Waals surface area contributed by atoms with Crippen molar-refractivity contribution in [3.05, 3.63) is 28.8 Å². The lowest BCUT2D eigenvalue weighted by Crippen LogP contribution is -2.35. The minimum absolute atomic E-state index is 0.584. The lowest BCUT2D eigenvalue weighted by Gasteiger charge is -2.34. The number of anilines is 1. The summed E-state index contributed by atoms with van der Waals surface area (Å²) in [5.41, 5.74) is 1.15. The molecule has 23 heavy (non-hydrogen) atoms. The predicted molar refractivity (Wildman–Crippen MR) is 92.6 cm³/mol. The fourth-order valence-electron chi connectivity index (χ4n) is 2.94. The molecule has 3 heterocycles. The van der Waals surface area contributed by atoms with Gasteiger partial charge in [0.1, 0.15) is 0 Å². The molecule has 0 spiro atoms. The summed E-state index contributed by atoms with van der Waals surface area (Å²) in [4.78, 5) is 6.59. The number of hydrogen-bond acceptors (Lipinski definition) is 5. The van der Waals surface area contributed by atoms with Crippen LogP contribution in [0.4, 0.5) is 5.69 Å². The number of nitrogens with zero attached hydrogens (tertiary/aromatic N) is 2. The molecule has 5 nitrogen and oxygen atoms in total. The van der Waals surface area contributed by atoms with Gasteiger partial charge in [0.15, 0.2) is 0 Å². The molecule has 1 fully saturated rings. The molecule has 2 aliphatic heterocycles. The van der Waals surface area contributed by atoms with Gasteiger partial charge in [0, 0.05) is 25.4 Å². The zero-order valence-corrected chi connectivity index (χ0v) is 15.0. The van der Waals surface area contributed by atoms with E-state index in [-0.39, 0.29) is 0 Å². The normalized spacial score (nSPS) is 19.0. The van der Waals surface area contributed by atoms with Gasteiger partial charge in [-0.2, -0.15) is 0 Å². The first-order valence-corrected chi connectivity index (χ1v) is 8.96. The molecule has 0 radical (unpaired) electrons. The highest BCUT2D eigenvalue weighted by atomic mass is 79.9. The summed E-state index contributed by atoms with van der Waals surface area (Å²) in [7, 11) is 1.64. The van der Waals surface area contributed by atoms with E-state index in [1.807, 2.05) is 6.07 Å². The maximum Gasteiger partial charge on any atom is 0.274 e. The Bertz CT molecular complexity index is 557. The van der Waals surface area contributed by atoms with Gasteiger partial charge >= 0.3 is 0 Å². The smallest absolute Gasteiger partial charge is 0.274 e. The molecule has 0 saturated carbocycles. The summed E-state index contributed by atoms with van der Waals surface area (Å²) in [6, 6.07) is 1.99. The molecule has 1 saturated heterocycles. The third-order valence-electron chi connectivity index (χ3n) is 4.34. The largest absolute Gasteiger partial charge is 0.481 e. The number of allylic oxidation sites excluding steroid dienone is 1. The van der Waals surface area contributed by atoms with Gasteiger partial charge in [-0.05, 0) is 53.6 Å². The van der Waals surface area contributed by atoms with Crippen LogP contribution in [0.3, 0.4) is 0 Å². The van der Waals surface area contributed by atoms with Crippen molar-refractivity contribution in [1.29, 1.82) is 0 Å². The average molecular weight is 383 g/mol. The molecule has 0 N–H and O–H groups in total. The molecular weight excluding hydrogens is 360 g/mol. The van der Waals surface area contributed by atoms with E-state index in [1.165, 1.54) is 0 Å². The minimum atomic E-state index is 0.584. The van der Waals surface area contributed by atoms with Crippen LogP contribution in [-0.4, -0.2) is 38.4 Å². The number of methoxy groups -OCH3 is 1. The monoisotopic (exact) mass is 382 g/mol. The Morgan fingerprint density at radius 3 is 2.91 bits per heavy atom. The first kappa shape index (κ1) is 16.4. The summed E-state index contributed by atoms with van der Waals surface area (Å²) in [5.74, 6) is 1.95. The highest BCUT2D eigenvalue weighted by Crippen LogP contribution is 2.32. The van der Waals surface area contributed by atoms with Crippen molar-refractivity contribution in [3.63, 3.8) is 0 Å². The third-order valence-corrected chi connectivity index (χ3v) is 4.95. The van der Waals surface area contributed by atoms with Crippen molar-refractivity contribution in [2.45, 2.75) is 25.7 Å². The van der Waals surface area contributed by atoms with Gasteiger partial charge in [-0.1, -0.05) is 0 Å². The SMILES string of the molecule is COc1cc(N2CCC(COC3=CCCCO3)CC2)c(Br)cn1. The van der Waals surface area contributed by atoms with Crippen molar-refractivity contribution in [2.24, 2.45) is 5.92 Å².